The van der Waals surface area contributed by atoms with Gasteiger partial charge in [-0.3, -0.25) is 4.79 Å². The number of hydrogen-bond donors (Lipinski definition) is 2. The van der Waals surface area contributed by atoms with Crippen LogP contribution < -0.4 is 25.0 Å². The lowest BCUT2D eigenvalue weighted by Gasteiger charge is -2.22. The number of nitrogens with one attached hydrogen (secondary N) is 2. The highest BCUT2D eigenvalue weighted by Crippen LogP contribution is 2.35. The Labute approximate surface area is 170 Å². The van der Waals surface area contributed by atoms with Crippen molar-refractivity contribution in [1.29, 1.82) is 0 Å². The number of anilines is 1. The Kier molecular flexibility index (Phi) is 5.84. The predicted molar refractivity (Wildman–Crippen MR) is 109 cm³/mol. The van der Waals surface area contributed by atoms with Crippen molar-refractivity contribution >= 4 is 17.6 Å². The lowest BCUT2D eigenvalue weighted by Crippen LogP contribution is -2.43. The molecule has 0 aliphatic carbocycles. The monoisotopic (exact) mass is 395 g/mol. The molecule has 1 atom stereocenters. The summed E-state index contributed by atoms with van der Waals surface area (Å²) in [6.45, 7) is 2.06. The van der Waals surface area contributed by atoms with Crippen LogP contribution in [-0.2, 0) is 11.2 Å². The average molecular weight is 395 g/mol. The quantitative estimate of drug-likeness (QED) is 0.737. The normalized spacial score (nSPS) is 17.9. The van der Waals surface area contributed by atoms with Gasteiger partial charge in [0.15, 0.2) is 11.5 Å². The molecule has 0 radical (unpaired) electrons. The minimum atomic E-state index is -0.236. The summed E-state index contributed by atoms with van der Waals surface area (Å²) in [5.74, 6) is 1.32. The van der Waals surface area contributed by atoms with Crippen molar-refractivity contribution in [2.75, 3.05) is 31.2 Å². The Morgan fingerprint density at radius 1 is 1.07 bits per heavy atom. The van der Waals surface area contributed by atoms with Crippen molar-refractivity contribution in [3.8, 4) is 11.5 Å². The Hall–Kier alpha value is -3.22. The smallest absolute Gasteiger partial charge is 0.315 e. The number of aryl methyl sites for hydroxylation is 1. The molecule has 4 rings (SSSR count). The molecular weight excluding hydrogens is 370 g/mol. The Morgan fingerprint density at radius 2 is 1.86 bits per heavy atom. The zero-order valence-electron chi connectivity index (χ0n) is 16.2. The van der Waals surface area contributed by atoms with Crippen LogP contribution in [0.15, 0.2) is 48.5 Å². The Bertz CT molecular complexity index is 872. The van der Waals surface area contributed by atoms with Gasteiger partial charge in [-0.15, -0.1) is 0 Å². The number of carbonyl (C=O) groups excluding carboxylic acids is 2. The van der Waals surface area contributed by atoms with Crippen LogP contribution in [0.2, 0.25) is 0 Å². The van der Waals surface area contributed by atoms with Gasteiger partial charge in [0.25, 0.3) is 0 Å². The summed E-state index contributed by atoms with van der Waals surface area (Å²) in [7, 11) is 0. The summed E-state index contributed by atoms with van der Waals surface area (Å²) in [6, 6.07) is 15.2. The summed E-state index contributed by atoms with van der Waals surface area (Å²) in [4.78, 5) is 26.3. The molecule has 0 aromatic heterocycles. The van der Waals surface area contributed by atoms with Gasteiger partial charge < -0.3 is 25.0 Å². The molecule has 152 valence electrons. The second kappa shape index (κ2) is 8.86. The van der Waals surface area contributed by atoms with Crippen LogP contribution in [0.25, 0.3) is 0 Å². The lowest BCUT2D eigenvalue weighted by molar-refractivity contribution is -0.117. The molecule has 29 heavy (non-hydrogen) atoms. The van der Waals surface area contributed by atoms with E-state index in [1.54, 1.807) is 4.90 Å². The standard InChI is InChI=1S/C22H25N3O4/c26-21-13-17(24-22(27)23-10-4-7-16-5-2-1-3-6-16)15-25(21)18-8-9-19-20(14-18)29-12-11-28-19/h1-3,5-6,8-9,14,17H,4,7,10-13,15H2,(H2,23,24,27)/t17-/m0/s1. The van der Waals surface area contributed by atoms with Gasteiger partial charge in [0, 0.05) is 31.3 Å². The van der Waals surface area contributed by atoms with Crippen molar-refractivity contribution in [3.63, 3.8) is 0 Å². The van der Waals surface area contributed by atoms with E-state index in [0.29, 0.717) is 37.8 Å². The summed E-state index contributed by atoms with van der Waals surface area (Å²) in [5.41, 5.74) is 2.01. The second-order valence-electron chi connectivity index (χ2n) is 7.22. The predicted octanol–water partition coefficient (Wildman–Crippen LogP) is 2.50. The minimum absolute atomic E-state index is 0.0175. The van der Waals surface area contributed by atoms with Gasteiger partial charge >= 0.3 is 6.03 Å². The van der Waals surface area contributed by atoms with Gasteiger partial charge in [-0.2, -0.15) is 0 Å². The molecule has 2 N–H and O–H groups in total. The summed E-state index contributed by atoms with van der Waals surface area (Å²) in [6.07, 6.45) is 2.07. The molecule has 0 spiro atoms. The van der Waals surface area contributed by atoms with Crippen LogP contribution in [0.4, 0.5) is 10.5 Å². The van der Waals surface area contributed by atoms with Crippen LogP contribution >= 0.6 is 0 Å². The molecule has 0 unspecified atom stereocenters. The van der Waals surface area contributed by atoms with Gasteiger partial charge in [-0.1, -0.05) is 30.3 Å². The third kappa shape index (κ3) is 4.80. The Morgan fingerprint density at radius 3 is 2.69 bits per heavy atom. The van der Waals surface area contributed by atoms with E-state index in [-0.39, 0.29) is 24.4 Å². The number of amides is 3. The molecule has 2 aliphatic heterocycles. The Balaban J connectivity index is 1.24. The average Bonchev–Trinajstić information content (AvgIpc) is 3.11. The largest absolute Gasteiger partial charge is 0.486 e. The maximum absolute atomic E-state index is 12.4. The van der Waals surface area contributed by atoms with E-state index < -0.39 is 0 Å². The van der Waals surface area contributed by atoms with Gasteiger partial charge in [0.05, 0.1) is 6.04 Å². The summed E-state index contributed by atoms with van der Waals surface area (Å²) in [5, 5.41) is 5.78. The molecule has 2 aromatic carbocycles. The number of nitrogens with zero attached hydrogens (tertiary/aromatic N) is 1. The molecule has 1 fully saturated rings. The maximum atomic E-state index is 12.4. The fourth-order valence-corrected chi connectivity index (χ4v) is 3.63. The lowest BCUT2D eigenvalue weighted by atomic mass is 10.1. The van der Waals surface area contributed by atoms with E-state index in [4.69, 9.17) is 9.47 Å². The molecule has 1 saturated heterocycles. The molecule has 7 heteroatoms. The van der Waals surface area contributed by atoms with Gasteiger partial charge in [-0.25, -0.2) is 4.79 Å². The number of rotatable bonds is 6. The zero-order chi connectivity index (χ0) is 20.1. The fourth-order valence-electron chi connectivity index (χ4n) is 3.63. The molecule has 2 heterocycles. The second-order valence-corrected chi connectivity index (χ2v) is 7.22. The van der Waals surface area contributed by atoms with Gasteiger partial charge in [-0.05, 0) is 30.5 Å². The topological polar surface area (TPSA) is 79.9 Å². The van der Waals surface area contributed by atoms with Crippen LogP contribution in [0.1, 0.15) is 18.4 Å². The first-order chi connectivity index (χ1) is 14.2. The van der Waals surface area contributed by atoms with E-state index in [1.807, 2.05) is 36.4 Å². The minimum Gasteiger partial charge on any atom is -0.486 e. The van der Waals surface area contributed by atoms with E-state index in [9.17, 15) is 9.59 Å². The van der Waals surface area contributed by atoms with Crippen LogP contribution in [-0.4, -0.2) is 44.3 Å². The zero-order valence-corrected chi connectivity index (χ0v) is 16.2. The third-order valence-corrected chi connectivity index (χ3v) is 5.07. The van der Waals surface area contributed by atoms with Gasteiger partial charge in [0.2, 0.25) is 5.91 Å². The first-order valence-electron chi connectivity index (χ1n) is 9.97. The molecular formula is C22H25N3O4. The summed E-state index contributed by atoms with van der Waals surface area (Å²) < 4.78 is 11.1. The van der Waals surface area contributed by atoms with Crippen LogP contribution in [0.5, 0.6) is 11.5 Å². The van der Waals surface area contributed by atoms with Gasteiger partial charge in [0.1, 0.15) is 13.2 Å². The third-order valence-electron chi connectivity index (χ3n) is 5.07. The molecule has 2 aromatic rings. The first-order valence-corrected chi connectivity index (χ1v) is 9.97. The molecule has 2 aliphatic rings. The molecule has 0 bridgehead atoms. The first kappa shape index (κ1) is 19.1. The maximum Gasteiger partial charge on any atom is 0.315 e. The van der Waals surface area contributed by atoms with E-state index in [0.717, 1.165) is 18.5 Å². The number of ether oxygens (including phenoxy) is 2. The summed E-state index contributed by atoms with van der Waals surface area (Å²) >= 11 is 0. The molecule has 0 saturated carbocycles. The SMILES string of the molecule is O=C(NCCCc1ccccc1)N[C@H]1CC(=O)N(c2ccc3c(c2)OCCO3)C1. The van der Waals surface area contributed by atoms with Crippen molar-refractivity contribution in [3.05, 3.63) is 54.1 Å². The van der Waals surface area contributed by atoms with Crippen molar-refractivity contribution in [2.45, 2.75) is 25.3 Å². The fraction of sp³-hybridized carbons (Fsp3) is 0.364. The van der Waals surface area contributed by atoms with Crippen LogP contribution in [0.3, 0.4) is 0 Å². The number of benzene rings is 2. The van der Waals surface area contributed by atoms with E-state index in [2.05, 4.69) is 22.8 Å². The molecule has 3 amide bonds. The number of fused-ring (bicyclic) bond motifs is 1. The van der Waals surface area contributed by atoms with E-state index in [1.165, 1.54) is 5.56 Å². The van der Waals surface area contributed by atoms with Crippen molar-refractivity contribution in [2.24, 2.45) is 0 Å². The number of urea groups is 1. The van der Waals surface area contributed by atoms with Crippen molar-refractivity contribution in [1.82, 2.24) is 10.6 Å². The molecule has 7 nitrogen and oxygen atoms in total. The highest BCUT2D eigenvalue weighted by atomic mass is 16.6. The number of hydrogen-bond acceptors (Lipinski definition) is 4. The highest BCUT2D eigenvalue weighted by Gasteiger charge is 2.32. The highest BCUT2D eigenvalue weighted by molar-refractivity contribution is 5.97. The van der Waals surface area contributed by atoms with Crippen molar-refractivity contribution < 1.29 is 19.1 Å². The van der Waals surface area contributed by atoms with Crippen LogP contribution in [0, 0.1) is 0 Å². The number of carbonyl (C=O) groups is 2. The van der Waals surface area contributed by atoms with E-state index >= 15 is 0 Å².